The van der Waals surface area contributed by atoms with E-state index in [0.29, 0.717) is 24.5 Å². The van der Waals surface area contributed by atoms with E-state index in [0.717, 1.165) is 24.9 Å². The molecule has 1 saturated carbocycles. The van der Waals surface area contributed by atoms with Gasteiger partial charge >= 0.3 is 5.69 Å². The lowest BCUT2D eigenvalue weighted by Gasteiger charge is -2.15. The SMILES string of the molecule is CCOc1cc(NC2CCC(OC)C2)ccc1[N+](=O)[O-]. The molecule has 2 atom stereocenters. The highest BCUT2D eigenvalue weighted by atomic mass is 16.6. The molecule has 2 unspecified atom stereocenters. The Balaban J connectivity index is 2.09. The van der Waals surface area contributed by atoms with Crippen LogP contribution in [0.1, 0.15) is 26.2 Å². The van der Waals surface area contributed by atoms with Crippen LogP contribution in [0.4, 0.5) is 11.4 Å². The number of rotatable bonds is 6. The molecule has 6 nitrogen and oxygen atoms in total. The zero-order chi connectivity index (χ0) is 14.5. The smallest absolute Gasteiger partial charge is 0.311 e. The minimum absolute atomic E-state index is 0.00131. The van der Waals surface area contributed by atoms with Crippen molar-refractivity contribution >= 4 is 11.4 Å². The number of hydrogen-bond acceptors (Lipinski definition) is 5. The van der Waals surface area contributed by atoms with Crippen LogP contribution >= 0.6 is 0 Å². The van der Waals surface area contributed by atoms with Gasteiger partial charge in [0.25, 0.3) is 0 Å². The molecular formula is C14H20N2O4. The van der Waals surface area contributed by atoms with E-state index in [4.69, 9.17) is 9.47 Å². The molecule has 0 amide bonds. The molecule has 2 rings (SSSR count). The summed E-state index contributed by atoms with van der Waals surface area (Å²) >= 11 is 0. The fraction of sp³-hybridized carbons (Fsp3) is 0.571. The van der Waals surface area contributed by atoms with Gasteiger partial charge in [0, 0.05) is 31.0 Å². The van der Waals surface area contributed by atoms with Crippen molar-refractivity contribution in [2.24, 2.45) is 0 Å². The third-order valence-corrected chi connectivity index (χ3v) is 3.54. The summed E-state index contributed by atoms with van der Waals surface area (Å²) < 4.78 is 10.7. The van der Waals surface area contributed by atoms with E-state index < -0.39 is 4.92 Å². The maximum atomic E-state index is 10.9. The Labute approximate surface area is 118 Å². The van der Waals surface area contributed by atoms with Crippen LogP contribution in [0.3, 0.4) is 0 Å². The van der Waals surface area contributed by atoms with Gasteiger partial charge in [-0.3, -0.25) is 10.1 Å². The zero-order valence-electron chi connectivity index (χ0n) is 11.8. The van der Waals surface area contributed by atoms with Gasteiger partial charge in [0.15, 0.2) is 5.75 Å². The molecule has 1 aromatic carbocycles. The van der Waals surface area contributed by atoms with E-state index in [9.17, 15) is 10.1 Å². The molecule has 0 radical (unpaired) electrons. The molecule has 110 valence electrons. The Morgan fingerprint density at radius 1 is 1.45 bits per heavy atom. The zero-order valence-corrected chi connectivity index (χ0v) is 11.8. The van der Waals surface area contributed by atoms with Crippen molar-refractivity contribution < 1.29 is 14.4 Å². The van der Waals surface area contributed by atoms with Crippen LogP contribution in [-0.2, 0) is 4.74 Å². The molecule has 1 fully saturated rings. The number of benzene rings is 1. The standard InChI is InChI=1S/C14H20N2O4/c1-3-20-14-9-11(5-7-13(14)16(17)18)15-10-4-6-12(8-10)19-2/h5,7,9-10,12,15H,3-4,6,8H2,1-2H3. The lowest BCUT2D eigenvalue weighted by molar-refractivity contribution is -0.385. The summed E-state index contributed by atoms with van der Waals surface area (Å²) in [6, 6.07) is 5.24. The second-order valence-corrected chi connectivity index (χ2v) is 4.88. The van der Waals surface area contributed by atoms with Crippen molar-refractivity contribution in [3.63, 3.8) is 0 Å². The fourth-order valence-electron chi connectivity index (χ4n) is 2.55. The number of methoxy groups -OCH3 is 1. The Kier molecular flexibility index (Phi) is 4.79. The molecule has 20 heavy (non-hydrogen) atoms. The normalized spacial score (nSPS) is 21.7. The Hall–Kier alpha value is -1.82. The molecule has 0 heterocycles. The number of anilines is 1. The highest BCUT2D eigenvalue weighted by Gasteiger charge is 2.25. The van der Waals surface area contributed by atoms with E-state index in [1.807, 2.05) is 6.92 Å². The van der Waals surface area contributed by atoms with Gasteiger partial charge in [-0.05, 0) is 32.3 Å². The third kappa shape index (κ3) is 3.39. The summed E-state index contributed by atoms with van der Waals surface area (Å²) in [5, 5.41) is 14.3. The van der Waals surface area contributed by atoms with Gasteiger partial charge in [-0.2, -0.15) is 0 Å². The van der Waals surface area contributed by atoms with Crippen LogP contribution in [-0.4, -0.2) is 30.8 Å². The van der Waals surface area contributed by atoms with Gasteiger partial charge in [0.1, 0.15) is 0 Å². The summed E-state index contributed by atoms with van der Waals surface area (Å²) in [7, 11) is 1.73. The number of nitro benzene ring substituents is 1. The van der Waals surface area contributed by atoms with Crippen molar-refractivity contribution in [1.29, 1.82) is 0 Å². The third-order valence-electron chi connectivity index (χ3n) is 3.54. The highest BCUT2D eigenvalue weighted by molar-refractivity contribution is 5.58. The largest absolute Gasteiger partial charge is 0.487 e. The first-order valence-corrected chi connectivity index (χ1v) is 6.84. The number of ether oxygens (including phenoxy) is 2. The summed E-state index contributed by atoms with van der Waals surface area (Å²) in [4.78, 5) is 10.5. The van der Waals surface area contributed by atoms with Gasteiger partial charge in [-0.25, -0.2) is 0 Å². The molecule has 0 aliphatic heterocycles. The van der Waals surface area contributed by atoms with Gasteiger partial charge in [0.05, 0.1) is 17.6 Å². The molecule has 1 aromatic rings. The summed E-state index contributed by atoms with van der Waals surface area (Å²) in [5.74, 6) is 0.309. The predicted octanol–water partition coefficient (Wildman–Crippen LogP) is 2.97. The monoisotopic (exact) mass is 280 g/mol. The summed E-state index contributed by atoms with van der Waals surface area (Å²) in [6.07, 6.45) is 3.34. The first kappa shape index (κ1) is 14.6. The van der Waals surface area contributed by atoms with Crippen LogP contribution in [0.15, 0.2) is 18.2 Å². The topological polar surface area (TPSA) is 73.6 Å². The van der Waals surface area contributed by atoms with Crippen LogP contribution in [0.5, 0.6) is 5.75 Å². The lowest BCUT2D eigenvalue weighted by Crippen LogP contribution is -2.17. The van der Waals surface area contributed by atoms with Crippen molar-refractivity contribution in [1.82, 2.24) is 0 Å². The Morgan fingerprint density at radius 3 is 2.85 bits per heavy atom. The van der Waals surface area contributed by atoms with E-state index >= 15 is 0 Å². The predicted molar refractivity (Wildman–Crippen MR) is 76.3 cm³/mol. The van der Waals surface area contributed by atoms with Crippen LogP contribution in [0.2, 0.25) is 0 Å². The Morgan fingerprint density at radius 2 is 2.25 bits per heavy atom. The lowest BCUT2D eigenvalue weighted by atomic mass is 10.2. The van der Waals surface area contributed by atoms with E-state index in [-0.39, 0.29) is 5.69 Å². The molecule has 6 heteroatoms. The van der Waals surface area contributed by atoms with Gasteiger partial charge in [0.2, 0.25) is 0 Å². The minimum atomic E-state index is -0.425. The summed E-state index contributed by atoms with van der Waals surface area (Å²) in [5.41, 5.74) is 0.847. The van der Waals surface area contributed by atoms with Crippen LogP contribution < -0.4 is 10.1 Å². The quantitative estimate of drug-likeness (QED) is 0.640. The first-order valence-electron chi connectivity index (χ1n) is 6.84. The molecular weight excluding hydrogens is 260 g/mol. The van der Waals surface area contributed by atoms with E-state index in [1.165, 1.54) is 6.07 Å². The van der Waals surface area contributed by atoms with Gasteiger partial charge < -0.3 is 14.8 Å². The second-order valence-electron chi connectivity index (χ2n) is 4.88. The average Bonchev–Trinajstić information content (AvgIpc) is 2.87. The van der Waals surface area contributed by atoms with Crippen molar-refractivity contribution in [2.75, 3.05) is 19.0 Å². The number of nitrogens with one attached hydrogen (secondary N) is 1. The average molecular weight is 280 g/mol. The van der Waals surface area contributed by atoms with Gasteiger partial charge in [-0.15, -0.1) is 0 Å². The molecule has 1 N–H and O–H groups in total. The molecule has 0 saturated heterocycles. The van der Waals surface area contributed by atoms with Crippen molar-refractivity contribution in [2.45, 2.75) is 38.3 Å². The van der Waals surface area contributed by atoms with Crippen LogP contribution in [0.25, 0.3) is 0 Å². The highest BCUT2D eigenvalue weighted by Crippen LogP contribution is 2.32. The van der Waals surface area contributed by atoms with E-state index in [1.54, 1.807) is 19.2 Å². The molecule has 1 aliphatic rings. The maximum absolute atomic E-state index is 10.9. The molecule has 0 bridgehead atoms. The first-order chi connectivity index (χ1) is 9.63. The minimum Gasteiger partial charge on any atom is -0.487 e. The molecule has 0 spiro atoms. The maximum Gasteiger partial charge on any atom is 0.311 e. The summed E-state index contributed by atoms with van der Waals surface area (Å²) in [6.45, 7) is 2.21. The second kappa shape index (κ2) is 6.56. The van der Waals surface area contributed by atoms with Gasteiger partial charge in [-0.1, -0.05) is 0 Å². The van der Waals surface area contributed by atoms with Crippen molar-refractivity contribution in [3.05, 3.63) is 28.3 Å². The number of nitrogens with zero attached hydrogens (tertiary/aromatic N) is 1. The Bertz CT molecular complexity index is 478. The van der Waals surface area contributed by atoms with Crippen LogP contribution in [0, 0.1) is 10.1 Å². The fourth-order valence-corrected chi connectivity index (χ4v) is 2.55. The van der Waals surface area contributed by atoms with Crippen molar-refractivity contribution in [3.8, 4) is 5.75 Å². The molecule has 0 aromatic heterocycles. The number of hydrogen-bond donors (Lipinski definition) is 1. The molecule has 1 aliphatic carbocycles. The van der Waals surface area contributed by atoms with E-state index in [2.05, 4.69) is 5.32 Å². The number of nitro groups is 1.